The van der Waals surface area contributed by atoms with Gasteiger partial charge in [0.15, 0.2) is 6.61 Å². The topological polar surface area (TPSA) is 104 Å². The van der Waals surface area contributed by atoms with Crippen LogP contribution in [0.3, 0.4) is 0 Å². The van der Waals surface area contributed by atoms with Crippen molar-refractivity contribution in [1.82, 2.24) is 5.32 Å². The minimum absolute atomic E-state index is 0.165. The van der Waals surface area contributed by atoms with E-state index in [0.29, 0.717) is 33.8 Å². The van der Waals surface area contributed by atoms with E-state index in [1.165, 1.54) is 7.11 Å². The van der Waals surface area contributed by atoms with Crippen LogP contribution in [0.1, 0.15) is 5.76 Å². The molecule has 2 aromatic carbocycles. The summed E-state index contributed by atoms with van der Waals surface area (Å²) in [5.74, 6) is 0.479. The SMILES string of the molecule is COC(=O)CNC(=O)COc1ccc2c(=O)c(-c3ccc(OC)cc3)c(C)oc2c1. The first-order valence-corrected chi connectivity index (χ1v) is 9.11. The van der Waals surface area contributed by atoms with Crippen LogP contribution in [0.2, 0.25) is 0 Å². The highest BCUT2D eigenvalue weighted by atomic mass is 16.5. The molecular weight excluding hydrogens is 390 g/mol. The number of nitrogens with one attached hydrogen (secondary N) is 1. The summed E-state index contributed by atoms with van der Waals surface area (Å²) < 4.78 is 20.9. The van der Waals surface area contributed by atoms with Crippen molar-refractivity contribution in [3.63, 3.8) is 0 Å². The predicted molar refractivity (Wildman–Crippen MR) is 110 cm³/mol. The van der Waals surface area contributed by atoms with E-state index in [1.54, 1.807) is 56.5 Å². The fourth-order valence-corrected chi connectivity index (χ4v) is 2.91. The molecule has 0 radical (unpaired) electrons. The largest absolute Gasteiger partial charge is 0.497 e. The third kappa shape index (κ3) is 4.60. The second kappa shape index (κ2) is 9.13. The zero-order valence-corrected chi connectivity index (χ0v) is 16.8. The lowest BCUT2D eigenvalue weighted by molar-refractivity contribution is -0.141. The summed E-state index contributed by atoms with van der Waals surface area (Å²) in [6.07, 6.45) is 0. The van der Waals surface area contributed by atoms with Gasteiger partial charge in [0, 0.05) is 6.07 Å². The molecule has 0 aliphatic rings. The first-order chi connectivity index (χ1) is 14.4. The maximum atomic E-state index is 13.0. The lowest BCUT2D eigenvalue weighted by Gasteiger charge is -2.10. The van der Waals surface area contributed by atoms with Gasteiger partial charge in [-0.25, -0.2) is 0 Å². The molecule has 0 fully saturated rings. The van der Waals surface area contributed by atoms with Crippen LogP contribution >= 0.6 is 0 Å². The van der Waals surface area contributed by atoms with Crippen molar-refractivity contribution in [3.05, 3.63) is 58.4 Å². The minimum Gasteiger partial charge on any atom is -0.497 e. The van der Waals surface area contributed by atoms with Crippen LogP contribution < -0.4 is 20.2 Å². The molecule has 0 saturated heterocycles. The van der Waals surface area contributed by atoms with E-state index < -0.39 is 11.9 Å². The number of ether oxygens (including phenoxy) is 3. The van der Waals surface area contributed by atoms with Gasteiger partial charge in [-0.3, -0.25) is 14.4 Å². The first kappa shape index (κ1) is 20.9. The van der Waals surface area contributed by atoms with Crippen molar-refractivity contribution in [2.45, 2.75) is 6.92 Å². The van der Waals surface area contributed by atoms with Gasteiger partial charge >= 0.3 is 5.97 Å². The molecule has 3 aromatic rings. The van der Waals surface area contributed by atoms with Gasteiger partial charge < -0.3 is 23.9 Å². The molecule has 0 unspecified atom stereocenters. The molecule has 0 bridgehead atoms. The Hall–Kier alpha value is -3.81. The van der Waals surface area contributed by atoms with Crippen molar-refractivity contribution >= 4 is 22.8 Å². The Labute approximate surface area is 172 Å². The van der Waals surface area contributed by atoms with E-state index in [0.717, 1.165) is 5.56 Å². The smallest absolute Gasteiger partial charge is 0.325 e. The molecule has 8 heteroatoms. The Kier molecular flexibility index (Phi) is 6.36. The fraction of sp³-hybridized carbons (Fsp3) is 0.227. The third-order valence-corrected chi connectivity index (χ3v) is 4.45. The van der Waals surface area contributed by atoms with Gasteiger partial charge in [-0.1, -0.05) is 12.1 Å². The Morgan fingerprint density at radius 1 is 1.03 bits per heavy atom. The highest BCUT2D eigenvalue weighted by Gasteiger charge is 2.15. The lowest BCUT2D eigenvalue weighted by Crippen LogP contribution is -2.33. The number of hydrogen-bond donors (Lipinski definition) is 1. The van der Waals surface area contributed by atoms with Crippen LogP contribution in [0.25, 0.3) is 22.1 Å². The molecule has 0 saturated carbocycles. The number of amides is 1. The molecule has 0 aliphatic carbocycles. The molecule has 3 rings (SSSR count). The number of carbonyl (C=O) groups is 2. The van der Waals surface area contributed by atoms with Crippen LogP contribution in [0.5, 0.6) is 11.5 Å². The van der Waals surface area contributed by atoms with Gasteiger partial charge in [-0.15, -0.1) is 0 Å². The second-order valence-electron chi connectivity index (χ2n) is 6.39. The Balaban J connectivity index is 1.81. The monoisotopic (exact) mass is 411 g/mol. The summed E-state index contributed by atoms with van der Waals surface area (Å²) in [5, 5.41) is 2.77. The van der Waals surface area contributed by atoms with Crippen molar-refractivity contribution in [2.75, 3.05) is 27.4 Å². The number of esters is 1. The van der Waals surface area contributed by atoms with Gasteiger partial charge in [-0.2, -0.15) is 0 Å². The Morgan fingerprint density at radius 2 is 1.73 bits per heavy atom. The average molecular weight is 411 g/mol. The van der Waals surface area contributed by atoms with Gasteiger partial charge in [0.25, 0.3) is 5.91 Å². The van der Waals surface area contributed by atoms with E-state index in [2.05, 4.69) is 10.1 Å². The molecule has 0 spiro atoms. The number of rotatable bonds is 7. The van der Waals surface area contributed by atoms with Crippen LogP contribution in [0.15, 0.2) is 51.7 Å². The summed E-state index contributed by atoms with van der Waals surface area (Å²) in [4.78, 5) is 35.8. The normalized spacial score (nSPS) is 10.5. The number of hydrogen-bond acceptors (Lipinski definition) is 7. The molecule has 8 nitrogen and oxygen atoms in total. The van der Waals surface area contributed by atoms with Crippen molar-refractivity contribution in [1.29, 1.82) is 0 Å². The molecule has 1 N–H and O–H groups in total. The highest BCUT2D eigenvalue weighted by Crippen LogP contribution is 2.27. The van der Waals surface area contributed by atoms with Crippen LogP contribution in [-0.4, -0.2) is 39.2 Å². The number of methoxy groups -OCH3 is 2. The Bertz CT molecular complexity index is 1130. The first-order valence-electron chi connectivity index (χ1n) is 9.11. The van der Waals surface area contributed by atoms with Crippen LogP contribution in [0, 0.1) is 6.92 Å². The maximum absolute atomic E-state index is 13.0. The summed E-state index contributed by atoms with van der Waals surface area (Å²) in [6, 6.07) is 11.9. The number of carbonyl (C=O) groups excluding carboxylic acids is 2. The number of benzene rings is 2. The predicted octanol–water partition coefficient (Wildman–Crippen LogP) is 2.45. The fourth-order valence-electron chi connectivity index (χ4n) is 2.91. The van der Waals surface area contributed by atoms with Gasteiger partial charge in [0.2, 0.25) is 5.43 Å². The number of fused-ring (bicyclic) bond motifs is 1. The van der Waals surface area contributed by atoms with E-state index in [1.807, 2.05) is 0 Å². The molecule has 1 heterocycles. The third-order valence-electron chi connectivity index (χ3n) is 4.45. The van der Waals surface area contributed by atoms with E-state index >= 15 is 0 Å². The van der Waals surface area contributed by atoms with Crippen LogP contribution in [0.4, 0.5) is 0 Å². The zero-order chi connectivity index (χ0) is 21.7. The van der Waals surface area contributed by atoms with E-state index in [-0.39, 0.29) is 18.6 Å². The minimum atomic E-state index is -0.557. The standard InChI is InChI=1S/C22H21NO7/c1-13-21(14-4-6-15(27-2)7-5-14)22(26)17-9-8-16(10-18(17)30-13)29-12-19(24)23-11-20(25)28-3/h4-10H,11-12H2,1-3H3,(H,23,24). The van der Waals surface area contributed by atoms with Crippen molar-refractivity contribution in [2.24, 2.45) is 0 Å². The number of aryl methyl sites for hydroxylation is 1. The van der Waals surface area contributed by atoms with Gasteiger partial charge in [0.05, 0.1) is 25.2 Å². The molecule has 1 aromatic heterocycles. The van der Waals surface area contributed by atoms with E-state index in [4.69, 9.17) is 13.9 Å². The summed E-state index contributed by atoms with van der Waals surface area (Å²) >= 11 is 0. The molecular formula is C22H21NO7. The molecule has 1 amide bonds. The van der Waals surface area contributed by atoms with E-state index in [9.17, 15) is 14.4 Å². The zero-order valence-electron chi connectivity index (χ0n) is 16.8. The van der Waals surface area contributed by atoms with Crippen molar-refractivity contribution < 1.29 is 28.2 Å². The summed E-state index contributed by atoms with van der Waals surface area (Å²) in [6.45, 7) is 1.18. The molecule has 156 valence electrons. The summed E-state index contributed by atoms with van der Waals surface area (Å²) in [7, 11) is 2.81. The van der Waals surface area contributed by atoms with Crippen molar-refractivity contribution in [3.8, 4) is 22.6 Å². The van der Waals surface area contributed by atoms with Gasteiger partial charge in [-0.05, 0) is 36.8 Å². The lowest BCUT2D eigenvalue weighted by atomic mass is 10.0. The molecule has 0 aliphatic heterocycles. The average Bonchev–Trinajstić information content (AvgIpc) is 2.76. The molecule has 30 heavy (non-hydrogen) atoms. The second-order valence-corrected chi connectivity index (χ2v) is 6.39. The maximum Gasteiger partial charge on any atom is 0.325 e. The quantitative estimate of drug-likeness (QED) is 0.596. The van der Waals surface area contributed by atoms with Gasteiger partial charge in [0.1, 0.15) is 29.4 Å². The molecule has 0 atom stereocenters. The van der Waals surface area contributed by atoms with Crippen LogP contribution in [-0.2, 0) is 14.3 Å². The highest BCUT2D eigenvalue weighted by molar-refractivity contribution is 5.85. The Morgan fingerprint density at radius 3 is 2.40 bits per heavy atom. The summed E-state index contributed by atoms with van der Waals surface area (Å²) in [5.41, 5.74) is 1.39.